The lowest BCUT2D eigenvalue weighted by Gasteiger charge is -2.32. The Morgan fingerprint density at radius 2 is 2.06 bits per heavy atom. The number of halogens is 1. The van der Waals surface area contributed by atoms with E-state index in [4.69, 9.17) is 9.47 Å². The minimum atomic E-state index is -1.04. The summed E-state index contributed by atoms with van der Waals surface area (Å²) in [5, 5.41) is 10.5. The standard InChI is InChI=1S/C14H15FO3/c1-2-5-18-13-9-11(8-12(15)10-13)14(16)3-6-17-7-4-14/h8-10,16H,3-4,6-7H2,1H3. The van der Waals surface area contributed by atoms with Gasteiger partial charge in [0, 0.05) is 39.0 Å². The molecule has 0 atom stereocenters. The van der Waals surface area contributed by atoms with Gasteiger partial charge in [-0.05, 0) is 17.7 Å². The lowest BCUT2D eigenvalue weighted by molar-refractivity contribution is -0.0681. The fraction of sp³-hybridized carbons (Fsp3) is 0.429. The van der Waals surface area contributed by atoms with Gasteiger partial charge >= 0.3 is 0 Å². The number of rotatable bonds is 2. The van der Waals surface area contributed by atoms with E-state index in [1.807, 2.05) is 0 Å². The summed E-state index contributed by atoms with van der Waals surface area (Å²) in [7, 11) is 0. The minimum absolute atomic E-state index is 0.305. The van der Waals surface area contributed by atoms with Crippen molar-refractivity contribution < 1.29 is 19.0 Å². The highest BCUT2D eigenvalue weighted by atomic mass is 19.1. The van der Waals surface area contributed by atoms with Gasteiger partial charge in [-0.15, -0.1) is 0 Å². The zero-order chi connectivity index (χ0) is 13.0. The largest absolute Gasteiger partial charge is 0.407 e. The van der Waals surface area contributed by atoms with Gasteiger partial charge < -0.3 is 14.6 Å². The first-order chi connectivity index (χ1) is 8.64. The van der Waals surface area contributed by atoms with Crippen LogP contribution in [0.1, 0.15) is 25.3 Å². The molecule has 1 saturated heterocycles. The highest BCUT2D eigenvalue weighted by Crippen LogP contribution is 2.34. The van der Waals surface area contributed by atoms with Gasteiger partial charge in [0.05, 0.1) is 5.60 Å². The quantitative estimate of drug-likeness (QED) is 0.818. The van der Waals surface area contributed by atoms with E-state index in [0.717, 1.165) is 0 Å². The lowest BCUT2D eigenvalue weighted by Crippen LogP contribution is -2.33. The van der Waals surface area contributed by atoms with Crippen molar-refractivity contribution in [3.05, 3.63) is 29.6 Å². The summed E-state index contributed by atoms with van der Waals surface area (Å²) in [5.41, 5.74) is -0.531. The fourth-order valence-electron chi connectivity index (χ4n) is 2.00. The van der Waals surface area contributed by atoms with Gasteiger partial charge in [-0.2, -0.15) is 0 Å². The first-order valence-corrected chi connectivity index (χ1v) is 5.84. The monoisotopic (exact) mass is 250 g/mol. The van der Waals surface area contributed by atoms with Crippen molar-refractivity contribution in [1.29, 1.82) is 0 Å². The van der Waals surface area contributed by atoms with Gasteiger partial charge in [0.25, 0.3) is 0 Å². The number of hydrogen-bond donors (Lipinski definition) is 1. The average molecular weight is 250 g/mol. The molecule has 1 aromatic carbocycles. The molecule has 0 unspecified atom stereocenters. The van der Waals surface area contributed by atoms with E-state index in [1.165, 1.54) is 12.1 Å². The van der Waals surface area contributed by atoms with E-state index in [2.05, 4.69) is 12.0 Å². The molecule has 0 bridgehead atoms. The Morgan fingerprint density at radius 1 is 1.33 bits per heavy atom. The van der Waals surface area contributed by atoms with E-state index >= 15 is 0 Å². The summed E-state index contributed by atoms with van der Waals surface area (Å²) in [6, 6.07) is 4.20. The van der Waals surface area contributed by atoms with Crippen LogP contribution in [0.25, 0.3) is 0 Å². The molecule has 0 aromatic heterocycles. The number of ether oxygens (including phenoxy) is 2. The first-order valence-electron chi connectivity index (χ1n) is 5.84. The molecule has 1 heterocycles. The molecule has 4 heteroatoms. The van der Waals surface area contributed by atoms with Crippen molar-refractivity contribution in [3.8, 4) is 17.8 Å². The zero-order valence-corrected chi connectivity index (χ0v) is 10.2. The van der Waals surface area contributed by atoms with E-state index in [9.17, 15) is 9.50 Å². The Morgan fingerprint density at radius 3 is 2.72 bits per heavy atom. The van der Waals surface area contributed by atoms with Crippen LogP contribution in [0.3, 0.4) is 0 Å². The number of benzene rings is 1. The lowest BCUT2D eigenvalue weighted by atomic mass is 9.86. The van der Waals surface area contributed by atoms with Crippen LogP contribution in [0, 0.1) is 17.8 Å². The topological polar surface area (TPSA) is 38.7 Å². The summed E-state index contributed by atoms with van der Waals surface area (Å²) < 4.78 is 23.8. The molecular weight excluding hydrogens is 235 g/mol. The van der Waals surface area contributed by atoms with Crippen LogP contribution in [0.2, 0.25) is 0 Å². The van der Waals surface area contributed by atoms with Gasteiger partial charge in [0.2, 0.25) is 0 Å². The third kappa shape index (κ3) is 2.81. The Bertz CT molecular complexity index is 482. The first kappa shape index (κ1) is 12.9. The summed E-state index contributed by atoms with van der Waals surface area (Å²) in [5.74, 6) is 2.43. The van der Waals surface area contributed by atoms with Crippen molar-refractivity contribution in [2.45, 2.75) is 25.4 Å². The molecule has 0 spiro atoms. The molecule has 2 rings (SSSR count). The van der Waals surface area contributed by atoms with Crippen LogP contribution >= 0.6 is 0 Å². The second kappa shape index (κ2) is 5.38. The highest BCUT2D eigenvalue weighted by Gasteiger charge is 2.32. The van der Waals surface area contributed by atoms with Crippen molar-refractivity contribution in [1.82, 2.24) is 0 Å². The van der Waals surface area contributed by atoms with Gasteiger partial charge in [0.1, 0.15) is 17.7 Å². The van der Waals surface area contributed by atoms with Crippen molar-refractivity contribution in [2.75, 3.05) is 13.2 Å². The molecule has 18 heavy (non-hydrogen) atoms. The Kier molecular flexibility index (Phi) is 3.85. The van der Waals surface area contributed by atoms with E-state index in [-0.39, 0.29) is 0 Å². The number of hydrogen-bond acceptors (Lipinski definition) is 3. The molecule has 3 nitrogen and oxygen atoms in total. The molecule has 0 aliphatic carbocycles. The molecule has 1 fully saturated rings. The summed E-state index contributed by atoms with van der Waals surface area (Å²) in [4.78, 5) is 0. The SMILES string of the molecule is CC#COc1cc(F)cc(C2(O)CCOCC2)c1. The summed E-state index contributed by atoms with van der Waals surface area (Å²) >= 11 is 0. The predicted molar refractivity (Wildman–Crippen MR) is 64.4 cm³/mol. The normalized spacial score (nSPS) is 17.7. The third-order valence-electron chi connectivity index (χ3n) is 3.00. The van der Waals surface area contributed by atoms with Gasteiger partial charge in [0.15, 0.2) is 0 Å². The smallest absolute Gasteiger partial charge is 0.143 e. The highest BCUT2D eigenvalue weighted by molar-refractivity contribution is 5.34. The summed E-state index contributed by atoms with van der Waals surface area (Å²) in [6.45, 7) is 2.57. The van der Waals surface area contributed by atoms with Crippen molar-refractivity contribution in [2.24, 2.45) is 0 Å². The second-order valence-corrected chi connectivity index (χ2v) is 4.27. The second-order valence-electron chi connectivity index (χ2n) is 4.27. The molecule has 1 aliphatic rings. The minimum Gasteiger partial charge on any atom is -0.407 e. The molecular formula is C14H15FO3. The molecule has 1 aliphatic heterocycles. The average Bonchev–Trinajstić information content (AvgIpc) is 2.37. The van der Waals surface area contributed by atoms with Gasteiger partial charge in [-0.25, -0.2) is 4.39 Å². The third-order valence-corrected chi connectivity index (χ3v) is 3.00. The molecule has 1 aromatic rings. The van der Waals surface area contributed by atoms with E-state index < -0.39 is 11.4 Å². The van der Waals surface area contributed by atoms with Gasteiger partial charge in [-0.3, -0.25) is 0 Å². The molecule has 0 amide bonds. The van der Waals surface area contributed by atoms with Crippen LogP contribution in [-0.2, 0) is 10.3 Å². The molecule has 96 valence electrons. The van der Waals surface area contributed by atoms with Crippen LogP contribution in [0.4, 0.5) is 4.39 Å². The Hall–Kier alpha value is -1.57. The Balaban J connectivity index is 2.30. The zero-order valence-electron chi connectivity index (χ0n) is 10.2. The maximum absolute atomic E-state index is 13.5. The van der Waals surface area contributed by atoms with Crippen molar-refractivity contribution >= 4 is 0 Å². The maximum atomic E-state index is 13.5. The van der Waals surface area contributed by atoms with Crippen LogP contribution in [-0.4, -0.2) is 18.3 Å². The van der Waals surface area contributed by atoms with Crippen LogP contribution in [0.15, 0.2) is 18.2 Å². The van der Waals surface area contributed by atoms with Crippen molar-refractivity contribution in [3.63, 3.8) is 0 Å². The van der Waals surface area contributed by atoms with E-state index in [1.54, 1.807) is 13.0 Å². The number of aliphatic hydroxyl groups is 1. The Labute approximate surface area is 106 Å². The van der Waals surface area contributed by atoms with Crippen LogP contribution in [0.5, 0.6) is 5.75 Å². The predicted octanol–water partition coefficient (Wildman–Crippen LogP) is 2.18. The summed E-state index contributed by atoms with van der Waals surface area (Å²) in [6.07, 6.45) is 3.32. The maximum Gasteiger partial charge on any atom is 0.143 e. The van der Waals surface area contributed by atoms with Crippen LogP contribution < -0.4 is 4.74 Å². The molecule has 1 N–H and O–H groups in total. The molecule has 0 saturated carbocycles. The van der Waals surface area contributed by atoms with Gasteiger partial charge in [-0.1, -0.05) is 5.92 Å². The fourth-order valence-corrected chi connectivity index (χ4v) is 2.00. The molecule has 0 radical (unpaired) electrons. The van der Waals surface area contributed by atoms with E-state index in [0.29, 0.717) is 37.4 Å².